The second-order valence-electron chi connectivity index (χ2n) is 2.60. The SMILES string of the molecule is CCC(C)NC(C)C(F)F. The Balaban J connectivity index is 3.46. The molecule has 0 rings (SSSR count). The first-order valence-corrected chi connectivity index (χ1v) is 3.62. The largest absolute Gasteiger partial charge is 0.307 e. The monoisotopic (exact) mass is 151 g/mol. The fourth-order valence-corrected chi connectivity index (χ4v) is 0.639. The Labute approximate surface area is 60.8 Å². The van der Waals surface area contributed by atoms with Crippen LogP contribution in [-0.2, 0) is 0 Å². The molecule has 0 spiro atoms. The predicted molar refractivity (Wildman–Crippen MR) is 38.4 cm³/mol. The van der Waals surface area contributed by atoms with Gasteiger partial charge in [0.25, 0.3) is 6.43 Å². The van der Waals surface area contributed by atoms with Crippen LogP contribution in [-0.4, -0.2) is 18.5 Å². The zero-order valence-corrected chi connectivity index (χ0v) is 6.70. The van der Waals surface area contributed by atoms with Gasteiger partial charge in [-0.1, -0.05) is 6.92 Å². The van der Waals surface area contributed by atoms with E-state index in [-0.39, 0.29) is 6.04 Å². The lowest BCUT2D eigenvalue weighted by atomic mass is 10.2. The molecule has 62 valence electrons. The summed E-state index contributed by atoms with van der Waals surface area (Å²) in [5.74, 6) is 0. The second-order valence-corrected chi connectivity index (χ2v) is 2.60. The maximum absolute atomic E-state index is 11.9. The van der Waals surface area contributed by atoms with Gasteiger partial charge in [0.15, 0.2) is 0 Å². The molecule has 0 heterocycles. The van der Waals surface area contributed by atoms with Crippen LogP contribution in [0.5, 0.6) is 0 Å². The van der Waals surface area contributed by atoms with E-state index in [4.69, 9.17) is 0 Å². The van der Waals surface area contributed by atoms with Crippen molar-refractivity contribution in [3.05, 3.63) is 0 Å². The van der Waals surface area contributed by atoms with Crippen LogP contribution in [0.2, 0.25) is 0 Å². The summed E-state index contributed by atoms with van der Waals surface area (Å²) in [6, 6.07) is -0.501. The second kappa shape index (κ2) is 4.61. The van der Waals surface area contributed by atoms with Crippen molar-refractivity contribution in [1.29, 1.82) is 0 Å². The summed E-state index contributed by atoms with van der Waals surface area (Å²) in [5, 5.41) is 2.78. The molecule has 0 aliphatic rings. The summed E-state index contributed by atoms with van der Waals surface area (Å²) in [6.45, 7) is 5.37. The number of hydrogen-bond acceptors (Lipinski definition) is 1. The first-order chi connectivity index (χ1) is 4.57. The third-order valence-electron chi connectivity index (χ3n) is 1.54. The maximum atomic E-state index is 11.9. The number of halogens is 2. The first kappa shape index (κ1) is 9.82. The number of rotatable bonds is 4. The summed E-state index contributed by atoms with van der Waals surface area (Å²) < 4.78 is 23.7. The molecule has 0 saturated heterocycles. The fourth-order valence-electron chi connectivity index (χ4n) is 0.639. The quantitative estimate of drug-likeness (QED) is 0.648. The van der Waals surface area contributed by atoms with Gasteiger partial charge in [0, 0.05) is 6.04 Å². The highest BCUT2D eigenvalue weighted by atomic mass is 19.3. The van der Waals surface area contributed by atoms with Gasteiger partial charge in [0.2, 0.25) is 0 Å². The topological polar surface area (TPSA) is 12.0 Å². The zero-order chi connectivity index (χ0) is 8.15. The van der Waals surface area contributed by atoms with Crippen molar-refractivity contribution in [3.8, 4) is 0 Å². The predicted octanol–water partition coefficient (Wildman–Crippen LogP) is 2.03. The smallest absolute Gasteiger partial charge is 0.253 e. The van der Waals surface area contributed by atoms with E-state index in [1.165, 1.54) is 6.92 Å². The summed E-state index contributed by atoms with van der Waals surface area (Å²) >= 11 is 0. The van der Waals surface area contributed by atoms with Crippen LogP contribution in [0.3, 0.4) is 0 Å². The summed E-state index contributed by atoms with van der Waals surface area (Å²) in [4.78, 5) is 0. The van der Waals surface area contributed by atoms with Gasteiger partial charge in [-0.05, 0) is 20.3 Å². The van der Waals surface area contributed by atoms with Crippen LogP contribution in [0.1, 0.15) is 27.2 Å². The van der Waals surface area contributed by atoms with Crippen LogP contribution in [0.15, 0.2) is 0 Å². The molecular formula is C7H15F2N. The van der Waals surface area contributed by atoms with Crippen molar-refractivity contribution in [2.24, 2.45) is 0 Å². The minimum Gasteiger partial charge on any atom is -0.307 e. The van der Waals surface area contributed by atoms with Crippen LogP contribution >= 0.6 is 0 Å². The van der Waals surface area contributed by atoms with Crippen molar-refractivity contribution in [2.45, 2.75) is 45.7 Å². The molecule has 0 aliphatic heterocycles. The number of hydrogen-bond donors (Lipinski definition) is 1. The molecule has 0 aromatic rings. The first-order valence-electron chi connectivity index (χ1n) is 3.62. The van der Waals surface area contributed by atoms with E-state index >= 15 is 0 Å². The van der Waals surface area contributed by atoms with E-state index in [9.17, 15) is 8.78 Å². The van der Waals surface area contributed by atoms with E-state index in [1.54, 1.807) is 0 Å². The van der Waals surface area contributed by atoms with Crippen molar-refractivity contribution >= 4 is 0 Å². The van der Waals surface area contributed by atoms with Crippen molar-refractivity contribution in [2.75, 3.05) is 0 Å². The van der Waals surface area contributed by atoms with Gasteiger partial charge in [0.05, 0.1) is 6.04 Å². The fraction of sp³-hybridized carbons (Fsp3) is 1.00. The Morgan fingerprint density at radius 2 is 1.80 bits per heavy atom. The van der Waals surface area contributed by atoms with Crippen LogP contribution in [0, 0.1) is 0 Å². The average Bonchev–Trinajstić information content (AvgIpc) is 1.87. The Hall–Kier alpha value is -0.180. The molecule has 0 aromatic carbocycles. The molecular weight excluding hydrogens is 136 g/mol. The summed E-state index contributed by atoms with van der Waals surface area (Å²) in [7, 11) is 0. The van der Waals surface area contributed by atoms with Crippen molar-refractivity contribution in [3.63, 3.8) is 0 Å². The molecule has 10 heavy (non-hydrogen) atoms. The summed E-state index contributed by atoms with van der Waals surface area (Å²) in [6.07, 6.45) is -1.37. The Kier molecular flexibility index (Phi) is 4.52. The minimum atomic E-state index is -2.26. The standard InChI is InChI=1S/C7H15F2N/c1-4-5(2)10-6(3)7(8)9/h5-7,10H,4H2,1-3H3. The van der Waals surface area contributed by atoms with E-state index in [0.29, 0.717) is 0 Å². The lowest BCUT2D eigenvalue weighted by Crippen LogP contribution is -2.38. The molecule has 0 saturated carbocycles. The molecule has 0 fully saturated rings. The lowest BCUT2D eigenvalue weighted by Gasteiger charge is -2.17. The molecule has 0 amide bonds. The number of alkyl halides is 2. The van der Waals surface area contributed by atoms with Crippen molar-refractivity contribution < 1.29 is 8.78 Å². The van der Waals surface area contributed by atoms with Crippen LogP contribution in [0.4, 0.5) is 8.78 Å². The maximum Gasteiger partial charge on any atom is 0.253 e. The van der Waals surface area contributed by atoms with Gasteiger partial charge >= 0.3 is 0 Å². The van der Waals surface area contributed by atoms with E-state index in [0.717, 1.165) is 6.42 Å². The van der Waals surface area contributed by atoms with Gasteiger partial charge in [0.1, 0.15) is 0 Å². The van der Waals surface area contributed by atoms with E-state index in [1.807, 2.05) is 13.8 Å². The third-order valence-corrected chi connectivity index (χ3v) is 1.54. The van der Waals surface area contributed by atoms with Gasteiger partial charge in [-0.2, -0.15) is 0 Å². The number of nitrogens with one attached hydrogen (secondary N) is 1. The molecule has 0 radical (unpaired) electrons. The molecule has 1 nitrogen and oxygen atoms in total. The molecule has 1 N–H and O–H groups in total. The van der Waals surface area contributed by atoms with Gasteiger partial charge in [-0.15, -0.1) is 0 Å². The third kappa shape index (κ3) is 3.77. The Morgan fingerprint density at radius 1 is 1.30 bits per heavy atom. The molecule has 2 unspecified atom stereocenters. The zero-order valence-electron chi connectivity index (χ0n) is 6.70. The van der Waals surface area contributed by atoms with E-state index < -0.39 is 12.5 Å². The average molecular weight is 151 g/mol. The van der Waals surface area contributed by atoms with Gasteiger partial charge in [-0.25, -0.2) is 8.78 Å². The summed E-state index contributed by atoms with van der Waals surface area (Å²) in [5.41, 5.74) is 0. The van der Waals surface area contributed by atoms with Crippen molar-refractivity contribution in [1.82, 2.24) is 5.32 Å². The molecule has 0 aromatic heterocycles. The Bertz CT molecular complexity index is 85.7. The highest BCUT2D eigenvalue weighted by Gasteiger charge is 2.14. The Morgan fingerprint density at radius 3 is 2.10 bits per heavy atom. The molecule has 2 atom stereocenters. The van der Waals surface area contributed by atoms with Gasteiger partial charge < -0.3 is 5.32 Å². The minimum absolute atomic E-state index is 0.184. The van der Waals surface area contributed by atoms with E-state index in [2.05, 4.69) is 5.32 Å². The molecule has 0 aliphatic carbocycles. The highest BCUT2D eigenvalue weighted by Crippen LogP contribution is 2.01. The van der Waals surface area contributed by atoms with Crippen LogP contribution in [0.25, 0.3) is 0 Å². The van der Waals surface area contributed by atoms with Gasteiger partial charge in [-0.3, -0.25) is 0 Å². The molecule has 0 bridgehead atoms. The normalized spacial score (nSPS) is 17.4. The van der Waals surface area contributed by atoms with Crippen LogP contribution < -0.4 is 5.32 Å². The lowest BCUT2D eigenvalue weighted by molar-refractivity contribution is 0.101. The highest BCUT2D eigenvalue weighted by molar-refractivity contribution is 4.67. The molecule has 3 heteroatoms.